The quantitative estimate of drug-likeness (QED) is 0.804. The Hall–Kier alpha value is -2.83. The van der Waals surface area contributed by atoms with Crippen LogP contribution in [0.15, 0.2) is 48.5 Å². The molecule has 4 nitrogen and oxygen atoms in total. The summed E-state index contributed by atoms with van der Waals surface area (Å²) >= 11 is 0. The molecule has 0 saturated heterocycles. The molecule has 2 rings (SSSR count). The first-order chi connectivity index (χ1) is 12.7. The molecule has 0 spiro atoms. The topological polar surface area (TPSA) is 49.4 Å². The van der Waals surface area contributed by atoms with Gasteiger partial charge in [0.05, 0.1) is 11.1 Å². The molecule has 2 aromatic carbocycles. The summed E-state index contributed by atoms with van der Waals surface area (Å²) in [6.45, 7) is 3.46. The summed E-state index contributed by atoms with van der Waals surface area (Å²) in [5.41, 5.74) is -0.0127. The van der Waals surface area contributed by atoms with E-state index in [0.717, 1.165) is 22.6 Å². The minimum Gasteiger partial charge on any atom is -0.329 e. The van der Waals surface area contributed by atoms with Crippen LogP contribution in [0, 0.1) is 6.92 Å². The van der Waals surface area contributed by atoms with Crippen LogP contribution < -0.4 is 5.32 Å². The van der Waals surface area contributed by atoms with Crippen LogP contribution in [0.25, 0.3) is 0 Å². The van der Waals surface area contributed by atoms with E-state index in [2.05, 4.69) is 5.32 Å². The van der Waals surface area contributed by atoms with Crippen LogP contribution in [-0.4, -0.2) is 29.8 Å². The van der Waals surface area contributed by atoms with E-state index in [1.165, 1.54) is 12.1 Å². The first kappa shape index (κ1) is 20.5. The first-order valence-corrected chi connectivity index (χ1v) is 8.55. The molecule has 0 saturated carbocycles. The third-order valence-electron chi connectivity index (χ3n) is 4.00. The maximum atomic E-state index is 13.2. The Balaban J connectivity index is 2.21. The molecular weight excluding hydrogens is 357 g/mol. The van der Waals surface area contributed by atoms with Gasteiger partial charge in [0.1, 0.15) is 6.54 Å². The lowest BCUT2D eigenvalue weighted by molar-refractivity contribution is -0.138. The van der Waals surface area contributed by atoms with Gasteiger partial charge in [-0.05, 0) is 37.1 Å². The number of nitrogens with zero attached hydrogens (tertiary/aromatic N) is 1. The normalized spacial score (nSPS) is 11.1. The van der Waals surface area contributed by atoms with Crippen molar-refractivity contribution in [1.29, 1.82) is 0 Å². The van der Waals surface area contributed by atoms with Crippen LogP contribution in [0.3, 0.4) is 0 Å². The van der Waals surface area contributed by atoms with Gasteiger partial charge >= 0.3 is 6.18 Å². The van der Waals surface area contributed by atoms with Gasteiger partial charge in [-0.2, -0.15) is 13.2 Å². The van der Waals surface area contributed by atoms with Gasteiger partial charge in [-0.1, -0.05) is 37.3 Å². The van der Waals surface area contributed by atoms with Crippen molar-refractivity contribution in [3.8, 4) is 0 Å². The highest BCUT2D eigenvalue weighted by atomic mass is 19.4. The van der Waals surface area contributed by atoms with E-state index < -0.39 is 29.1 Å². The molecule has 2 aromatic rings. The SMILES string of the molecule is CCCN(CC(=O)Nc1ccccc1C)C(=O)c1ccccc1C(F)(F)F. The molecule has 0 heterocycles. The van der Waals surface area contributed by atoms with Crippen molar-refractivity contribution in [1.82, 2.24) is 4.90 Å². The van der Waals surface area contributed by atoms with E-state index in [4.69, 9.17) is 0 Å². The third kappa shape index (κ3) is 5.32. The third-order valence-corrected chi connectivity index (χ3v) is 4.00. The van der Waals surface area contributed by atoms with E-state index in [1.807, 2.05) is 19.1 Å². The lowest BCUT2D eigenvalue weighted by Gasteiger charge is -2.23. The molecule has 0 aliphatic rings. The van der Waals surface area contributed by atoms with Crippen molar-refractivity contribution < 1.29 is 22.8 Å². The van der Waals surface area contributed by atoms with Crippen molar-refractivity contribution in [2.45, 2.75) is 26.4 Å². The van der Waals surface area contributed by atoms with Crippen LogP contribution in [0.5, 0.6) is 0 Å². The highest BCUT2D eigenvalue weighted by molar-refractivity contribution is 6.00. The fourth-order valence-corrected chi connectivity index (χ4v) is 2.69. The van der Waals surface area contributed by atoms with Crippen molar-refractivity contribution in [3.05, 3.63) is 65.2 Å². The van der Waals surface area contributed by atoms with E-state index in [-0.39, 0.29) is 13.1 Å². The van der Waals surface area contributed by atoms with Gasteiger partial charge in [-0.25, -0.2) is 0 Å². The number of benzene rings is 2. The molecule has 0 fully saturated rings. The molecule has 2 amide bonds. The Labute approximate surface area is 156 Å². The summed E-state index contributed by atoms with van der Waals surface area (Å²) in [7, 11) is 0. The van der Waals surface area contributed by atoms with Crippen molar-refractivity contribution >= 4 is 17.5 Å². The minimum atomic E-state index is -4.65. The summed E-state index contributed by atoms with van der Waals surface area (Å²) in [6.07, 6.45) is -4.13. The largest absolute Gasteiger partial charge is 0.417 e. The summed E-state index contributed by atoms with van der Waals surface area (Å²) in [4.78, 5) is 26.2. The fraction of sp³-hybridized carbons (Fsp3) is 0.300. The van der Waals surface area contributed by atoms with Crippen molar-refractivity contribution in [2.24, 2.45) is 0 Å². The Morgan fingerprint density at radius 2 is 1.67 bits per heavy atom. The smallest absolute Gasteiger partial charge is 0.329 e. The highest BCUT2D eigenvalue weighted by Gasteiger charge is 2.36. The number of para-hydroxylation sites is 1. The Kier molecular flexibility index (Phi) is 6.60. The molecule has 0 bridgehead atoms. The van der Waals surface area contributed by atoms with Gasteiger partial charge in [0.2, 0.25) is 5.91 Å². The maximum Gasteiger partial charge on any atom is 0.417 e. The Morgan fingerprint density at radius 1 is 1.04 bits per heavy atom. The number of nitrogens with one attached hydrogen (secondary N) is 1. The number of rotatable bonds is 6. The second-order valence-electron chi connectivity index (χ2n) is 6.13. The Morgan fingerprint density at radius 3 is 2.30 bits per heavy atom. The molecule has 0 aromatic heterocycles. The summed E-state index contributed by atoms with van der Waals surface area (Å²) < 4.78 is 39.6. The first-order valence-electron chi connectivity index (χ1n) is 8.55. The van der Waals surface area contributed by atoms with Crippen LogP contribution in [0.4, 0.5) is 18.9 Å². The van der Waals surface area contributed by atoms with Crippen molar-refractivity contribution in [3.63, 3.8) is 0 Å². The minimum absolute atomic E-state index is 0.173. The van der Waals surface area contributed by atoms with E-state index in [0.29, 0.717) is 12.1 Å². The Bertz CT molecular complexity index is 819. The second kappa shape index (κ2) is 8.70. The average molecular weight is 378 g/mol. The zero-order chi connectivity index (χ0) is 20.0. The van der Waals surface area contributed by atoms with Gasteiger partial charge in [0, 0.05) is 12.2 Å². The van der Waals surface area contributed by atoms with E-state index in [1.54, 1.807) is 19.1 Å². The van der Waals surface area contributed by atoms with Crippen molar-refractivity contribution in [2.75, 3.05) is 18.4 Å². The average Bonchev–Trinajstić information content (AvgIpc) is 2.62. The van der Waals surface area contributed by atoms with Crippen LogP contribution in [0.1, 0.15) is 34.8 Å². The van der Waals surface area contributed by atoms with Gasteiger partial charge in [-0.15, -0.1) is 0 Å². The van der Waals surface area contributed by atoms with Gasteiger partial charge < -0.3 is 10.2 Å². The van der Waals surface area contributed by atoms with Gasteiger partial charge in [0.15, 0.2) is 0 Å². The monoisotopic (exact) mass is 378 g/mol. The molecule has 1 N–H and O–H groups in total. The number of carbonyl (C=O) groups is 2. The maximum absolute atomic E-state index is 13.2. The lowest BCUT2D eigenvalue weighted by atomic mass is 10.1. The zero-order valence-corrected chi connectivity index (χ0v) is 15.1. The number of hydrogen-bond donors (Lipinski definition) is 1. The van der Waals surface area contributed by atoms with Crippen LogP contribution in [0.2, 0.25) is 0 Å². The number of aryl methyl sites for hydroxylation is 1. The van der Waals surface area contributed by atoms with E-state index >= 15 is 0 Å². The molecule has 144 valence electrons. The van der Waals surface area contributed by atoms with Gasteiger partial charge in [0.25, 0.3) is 5.91 Å². The molecule has 0 aliphatic heterocycles. The number of halogens is 3. The molecule has 0 radical (unpaired) electrons. The molecule has 0 aliphatic carbocycles. The lowest BCUT2D eigenvalue weighted by Crippen LogP contribution is -2.39. The number of carbonyl (C=O) groups excluding carboxylic acids is 2. The fourth-order valence-electron chi connectivity index (χ4n) is 2.69. The summed E-state index contributed by atoms with van der Waals surface area (Å²) in [6, 6.07) is 11.7. The molecule has 0 unspecified atom stereocenters. The molecular formula is C20H21F3N2O2. The number of amides is 2. The highest BCUT2D eigenvalue weighted by Crippen LogP contribution is 2.32. The summed E-state index contributed by atoms with van der Waals surface area (Å²) in [5, 5.41) is 2.70. The molecule has 27 heavy (non-hydrogen) atoms. The van der Waals surface area contributed by atoms with E-state index in [9.17, 15) is 22.8 Å². The standard InChI is InChI=1S/C20H21F3N2O2/c1-3-12-25(13-18(26)24-17-11-7-4-8-14(17)2)19(27)15-9-5-6-10-16(15)20(21,22)23/h4-11H,3,12-13H2,1-2H3,(H,24,26). The van der Waals surface area contributed by atoms with Crippen LogP contribution >= 0.6 is 0 Å². The van der Waals surface area contributed by atoms with Crippen LogP contribution in [-0.2, 0) is 11.0 Å². The predicted molar refractivity (Wildman–Crippen MR) is 97.4 cm³/mol. The number of anilines is 1. The summed E-state index contributed by atoms with van der Waals surface area (Å²) in [5.74, 6) is -1.28. The van der Waals surface area contributed by atoms with Gasteiger partial charge in [-0.3, -0.25) is 9.59 Å². The molecule has 7 heteroatoms. The number of hydrogen-bond acceptors (Lipinski definition) is 2. The zero-order valence-electron chi connectivity index (χ0n) is 15.1. The predicted octanol–water partition coefficient (Wildman–Crippen LogP) is 4.50. The molecule has 0 atom stereocenters. The number of alkyl halides is 3. The second-order valence-corrected chi connectivity index (χ2v) is 6.13.